The number of benzene rings is 1. The van der Waals surface area contributed by atoms with Gasteiger partial charge in [-0.3, -0.25) is 14.4 Å². The molecule has 142 valence electrons. The Balaban J connectivity index is 1.91. The quantitative estimate of drug-likeness (QED) is 0.543. The predicted molar refractivity (Wildman–Crippen MR) is 94.9 cm³/mol. The van der Waals surface area contributed by atoms with Crippen LogP contribution in [0.1, 0.15) is 17.0 Å². The van der Waals surface area contributed by atoms with Crippen molar-refractivity contribution in [2.75, 3.05) is 25.7 Å². The van der Waals surface area contributed by atoms with E-state index in [4.69, 9.17) is 13.9 Å². The van der Waals surface area contributed by atoms with Crippen molar-refractivity contribution in [3.8, 4) is 0 Å². The number of carbonyl (C=O) groups is 3. The zero-order valence-electron chi connectivity index (χ0n) is 15.0. The Bertz CT molecular complexity index is 801. The molecule has 1 aromatic carbocycles. The van der Waals surface area contributed by atoms with E-state index in [0.29, 0.717) is 5.69 Å². The van der Waals surface area contributed by atoms with Crippen LogP contribution in [0.3, 0.4) is 0 Å². The average molecular weight is 372 g/mol. The lowest BCUT2D eigenvalue weighted by Crippen LogP contribution is -2.49. The molecular formula is C19H20N2O6. The highest BCUT2D eigenvalue weighted by Crippen LogP contribution is 2.27. The molecule has 0 saturated carbocycles. The van der Waals surface area contributed by atoms with Gasteiger partial charge in [-0.05, 0) is 24.3 Å². The van der Waals surface area contributed by atoms with Gasteiger partial charge in [0.05, 0.1) is 24.9 Å². The molecule has 1 aliphatic heterocycles. The molecule has 3 rings (SSSR count). The summed E-state index contributed by atoms with van der Waals surface area (Å²) in [6, 6.07) is 10.7. The number of imide groups is 1. The zero-order valence-corrected chi connectivity index (χ0v) is 15.0. The van der Waals surface area contributed by atoms with E-state index in [2.05, 4.69) is 0 Å². The van der Waals surface area contributed by atoms with Gasteiger partial charge < -0.3 is 18.8 Å². The topological polar surface area (TPSA) is 89.3 Å². The maximum absolute atomic E-state index is 13.0. The molecule has 1 unspecified atom stereocenters. The second-order valence-electron chi connectivity index (χ2n) is 5.96. The summed E-state index contributed by atoms with van der Waals surface area (Å²) >= 11 is 0. The van der Waals surface area contributed by atoms with Crippen molar-refractivity contribution < 1.29 is 28.3 Å². The summed E-state index contributed by atoms with van der Waals surface area (Å²) in [6.07, 6.45) is 0.492. The Hall–Kier alpha value is -2.97. The van der Waals surface area contributed by atoms with Crippen LogP contribution >= 0.6 is 0 Å². The van der Waals surface area contributed by atoms with Gasteiger partial charge in [0.15, 0.2) is 12.1 Å². The lowest BCUT2D eigenvalue weighted by Gasteiger charge is -2.29. The molecule has 0 bridgehead atoms. The van der Waals surface area contributed by atoms with Gasteiger partial charge in [-0.25, -0.2) is 4.90 Å². The zero-order chi connectivity index (χ0) is 19.4. The Morgan fingerprint density at radius 2 is 1.89 bits per heavy atom. The number of furan rings is 1. The largest absolute Gasteiger partial charge is 0.459 e. The van der Waals surface area contributed by atoms with E-state index < -0.39 is 24.1 Å². The monoisotopic (exact) mass is 372 g/mol. The van der Waals surface area contributed by atoms with Crippen LogP contribution in [0.2, 0.25) is 0 Å². The van der Waals surface area contributed by atoms with Gasteiger partial charge in [0.2, 0.25) is 5.91 Å². The Labute approximate surface area is 156 Å². The van der Waals surface area contributed by atoms with Gasteiger partial charge in [-0.15, -0.1) is 0 Å². The molecule has 0 radical (unpaired) electrons. The van der Waals surface area contributed by atoms with Crippen LogP contribution in [0.5, 0.6) is 0 Å². The standard InChI is InChI=1S/C19H20N2O6/c1-25-17(26-2)12-20(19(24)15-9-6-10-27-15)14-11-16(22)21(18(14)23)13-7-4-3-5-8-13/h3-10,14,17H,11-12H2,1-2H3. The molecule has 1 saturated heterocycles. The van der Waals surface area contributed by atoms with Crippen LogP contribution in [0, 0.1) is 0 Å². The van der Waals surface area contributed by atoms with E-state index in [-0.39, 0.29) is 24.6 Å². The number of ether oxygens (including phenoxy) is 2. The maximum atomic E-state index is 13.0. The molecule has 0 spiro atoms. The second kappa shape index (κ2) is 8.15. The third kappa shape index (κ3) is 3.76. The highest BCUT2D eigenvalue weighted by molar-refractivity contribution is 6.23. The minimum absolute atomic E-state index is 0.0289. The number of hydrogen-bond donors (Lipinski definition) is 0. The summed E-state index contributed by atoms with van der Waals surface area (Å²) < 4.78 is 15.5. The molecule has 1 atom stereocenters. The van der Waals surface area contributed by atoms with Crippen molar-refractivity contribution in [3.63, 3.8) is 0 Å². The summed E-state index contributed by atoms with van der Waals surface area (Å²) in [4.78, 5) is 40.8. The SMILES string of the molecule is COC(CN(C(=O)c1ccco1)C1CC(=O)N(c2ccccc2)C1=O)OC. The number of rotatable bonds is 7. The van der Waals surface area contributed by atoms with Crippen LogP contribution < -0.4 is 4.90 Å². The molecule has 1 fully saturated rings. The Kier molecular flexibility index (Phi) is 5.68. The van der Waals surface area contributed by atoms with Crippen molar-refractivity contribution in [2.24, 2.45) is 0 Å². The molecule has 3 amide bonds. The Morgan fingerprint density at radius 1 is 1.19 bits per heavy atom. The number of para-hydroxylation sites is 1. The average Bonchev–Trinajstić information content (AvgIpc) is 3.32. The van der Waals surface area contributed by atoms with Crippen LogP contribution in [-0.4, -0.2) is 55.7 Å². The number of nitrogens with zero attached hydrogens (tertiary/aromatic N) is 2. The molecule has 27 heavy (non-hydrogen) atoms. The van der Waals surface area contributed by atoms with Crippen LogP contribution in [0.25, 0.3) is 0 Å². The highest BCUT2D eigenvalue weighted by Gasteiger charge is 2.45. The fraction of sp³-hybridized carbons (Fsp3) is 0.316. The number of amides is 3. The number of methoxy groups -OCH3 is 2. The first-order chi connectivity index (χ1) is 13.1. The lowest BCUT2D eigenvalue weighted by molar-refractivity contribution is -0.128. The van der Waals surface area contributed by atoms with E-state index in [0.717, 1.165) is 4.90 Å². The van der Waals surface area contributed by atoms with Crippen molar-refractivity contribution in [2.45, 2.75) is 18.8 Å². The molecule has 1 aliphatic rings. The van der Waals surface area contributed by atoms with E-state index in [1.54, 1.807) is 36.4 Å². The number of anilines is 1. The van der Waals surface area contributed by atoms with Gasteiger partial charge >= 0.3 is 0 Å². The van der Waals surface area contributed by atoms with Crippen molar-refractivity contribution in [1.82, 2.24) is 4.90 Å². The summed E-state index contributed by atoms with van der Waals surface area (Å²) in [6.45, 7) is -0.0289. The third-order valence-corrected chi connectivity index (χ3v) is 4.38. The first kappa shape index (κ1) is 18.8. The lowest BCUT2D eigenvalue weighted by atomic mass is 10.2. The molecular weight excluding hydrogens is 352 g/mol. The van der Waals surface area contributed by atoms with Gasteiger partial charge in [-0.1, -0.05) is 18.2 Å². The van der Waals surface area contributed by atoms with E-state index in [1.165, 1.54) is 31.4 Å². The van der Waals surface area contributed by atoms with E-state index in [9.17, 15) is 14.4 Å². The maximum Gasteiger partial charge on any atom is 0.290 e. The van der Waals surface area contributed by atoms with Gasteiger partial charge in [0.25, 0.3) is 11.8 Å². The predicted octanol–water partition coefficient (Wildman–Crippen LogP) is 1.67. The van der Waals surface area contributed by atoms with Gasteiger partial charge in [-0.2, -0.15) is 0 Å². The van der Waals surface area contributed by atoms with E-state index >= 15 is 0 Å². The molecule has 8 heteroatoms. The third-order valence-electron chi connectivity index (χ3n) is 4.38. The first-order valence-electron chi connectivity index (χ1n) is 8.38. The highest BCUT2D eigenvalue weighted by atomic mass is 16.7. The fourth-order valence-electron chi connectivity index (χ4n) is 3.01. The summed E-state index contributed by atoms with van der Waals surface area (Å²) in [5.74, 6) is -1.29. The smallest absolute Gasteiger partial charge is 0.290 e. The number of carbonyl (C=O) groups excluding carboxylic acids is 3. The summed E-state index contributed by atoms with van der Waals surface area (Å²) in [7, 11) is 2.86. The normalized spacial score (nSPS) is 17.0. The summed E-state index contributed by atoms with van der Waals surface area (Å²) in [5, 5.41) is 0. The first-order valence-corrected chi connectivity index (χ1v) is 8.38. The minimum Gasteiger partial charge on any atom is -0.459 e. The molecule has 0 aliphatic carbocycles. The summed E-state index contributed by atoms with van der Waals surface area (Å²) in [5.41, 5.74) is 0.468. The van der Waals surface area contributed by atoms with Crippen molar-refractivity contribution in [1.29, 1.82) is 0 Å². The van der Waals surface area contributed by atoms with Crippen LogP contribution in [0.4, 0.5) is 5.69 Å². The second-order valence-corrected chi connectivity index (χ2v) is 5.96. The molecule has 1 aromatic heterocycles. The van der Waals surface area contributed by atoms with Gasteiger partial charge in [0, 0.05) is 14.2 Å². The van der Waals surface area contributed by atoms with Crippen LogP contribution in [-0.2, 0) is 19.1 Å². The molecule has 2 heterocycles. The van der Waals surface area contributed by atoms with E-state index in [1.807, 2.05) is 0 Å². The van der Waals surface area contributed by atoms with Gasteiger partial charge in [0.1, 0.15) is 6.04 Å². The minimum atomic E-state index is -0.969. The molecule has 0 N–H and O–H groups in total. The Morgan fingerprint density at radius 3 is 2.48 bits per heavy atom. The fourth-order valence-corrected chi connectivity index (χ4v) is 3.01. The van der Waals surface area contributed by atoms with Crippen LogP contribution in [0.15, 0.2) is 53.1 Å². The number of hydrogen-bond acceptors (Lipinski definition) is 6. The molecule has 8 nitrogen and oxygen atoms in total. The molecule has 2 aromatic rings. The van der Waals surface area contributed by atoms with Crippen molar-refractivity contribution >= 4 is 23.4 Å². The van der Waals surface area contributed by atoms with Crippen molar-refractivity contribution in [3.05, 3.63) is 54.5 Å².